The van der Waals surface area contributed by atoms with E-state index in [1.807, 2.05) is 0 Å². The van der Waals surface area contributed by atoms with Crippen LogP contribution in [0.4, 0.5) is 0 Å². The van der Waals surface area contributed by atoms with Gasteiger partial charge in [0.25, 0.3) is 0 Å². The Morgan fingerprint density at radius 3 is 1.64 bits per heavy atom. The zero-order valence-electron chi connectivity index (χ0n) is 6.79. The Bertz CT molecular complexity index is 118. The van der Waals surface area contributed by atoms with Crippen molar-refractivity contribution in [3.8, 4) is 0 Å². The van der Waals surface area contributed by atoms with Gasteiger partial charge in [-0.05, 0) is 0 Å². The molecule has 0 aliphatic heterocycles. The summed E-state index contributed by atoms with van der Waals surface area (Å²) in [6.45, 7) is 1.36. The molecule has 0 saturated heterocycles. The molecule has 0 atom stereocenters. The molecule has 0 spiro atoms. The number of rotatable bonds is 1. The van der Waals surface area contributed by atoms with Crippen molar-refractivity contribution in [2.24, 2.45) is 0 Å². The van der Waals surface area contributed by atoms with Crippen LogP contribution in [-0.2, 0) is 19.1 Å². The van der Waals surface area contributed by atoms with Gasteiger partial charge in [0.2, 0.25) is 0 Å². The molecule has 0 amide bonds. The summed E-state index contributed by atoms with van der Waals surface area (Å²) in [6.07, 6.45) is 0. The smallest absolute Gasteiger partial charge is 0.315 e. The van der Waals surface area contributed by atoms with Gasteiger partial charge in [0.05, 0.1) is 20.0 Å². The molecule has 0 unspecified atom stereocenters. The number of ether oxygens (including phenoxy) is 2. The topological polar surface area (TPSA) is 52.6 Å². The Kier molecular flexibility index (Phi) is 10.9. The van der Waals surface area contributed by atoms with Crippen LogP contribution in [0.2, 0.25) is 0 Å². The first kappa shape index (κ1) is 12.9. The maximum absolute atomic E-state index is 9.88. The second-order valence-electron chi connectivity index (χ2n) is 1.43. The van der Waals surface area contributed by atoms with E-state index >= 15 is 0 Å². The minimum atomic E-state index is -0.293. The Hall–Kier alpha value is -0.710. The van der Waals surface area contributed by atoms with Crippen LogP contribution in [0.1, 0.15) is 6.92 Å². The number of carbonyl (C=O) groups excluding carboxylic acids is 2. The van der Waals surface area contributed by atoms with Gasteiger partial charge in [-0.15, -0.1) is 0 Å². The summed E-state index contributed by atoms with van der Waals surface area (Å²) in [7, 11) is 2.68. The van der Waals surface area contributed by atoms with Crippen LogP contribution in [-0.4, -0.2) is 31.9 Å². The summed E-state index contributed by atoms with van der Waals surface area (Å²) in [4.78, 5) is 19.5. The largest absolute Gasteiger partial charge is 0.469 e. The van der Waals surface area contributed by atoms with Gasteiger partial charge in [-0.25, -0.2) is 0 Å². The van der Waals surface area contributed by atoms with Gasteiger partial charge in [-0.2, -0.15) is 12.6 Å². The monoisotopic (exact) mass is 180 g/mol. The molecule has 66 valence electrons. The lowest BCUT2D eigenvalue weighted by Crippen LogP contribution is -1.99. The second-order valence-corrected chi connectivity index (χ2v) is 1.75. The SMILES string of the molecule is COC(=O)CS.COC(C)=O. The number of thiol groups is 1. The highest BCUT2D eigenvalue weighted by Gasteiger charge is 1.88. The van der Waals surface area contributed by atoms with Crippen molar-refractivity contribution in [1.82, 2.24) is 0 Å². The third-order valence-corrected chi connectivity index (χ3v) is 0.902. The van der Waals surface area contributed by atoms with Gasteiger partial charge in [0, 0.05) is 6.92 Å². The molecule has 0 fully saturated rings. The fourth-order valence-electron chi connectivity index (χ4n) is 0.0645. The highest BCUT2D eigenvalue weighted by atomic mass is 32.1. The molecular weight excluding hydrogens is 168 g/mol. The van der Waals surface area contributed by atoms with Crippen LogP contribution < -0.4 is 0 Å². The Labute approximate surface area is 71.3 Å². The van der Waals surface area contributed by atoms with Crippen molar-refractivity contribution in [2.75, 3.05) is 20.0 Å². The third kappa shape index (κ3) is 17.6. The number of esters is 2. The Balaban J connectivity index is 0. The highest BCUT2D eigenvalue weighted by Crippen LogP contribution is 1.74. The highest BCUT2D eigenvalue weighted by molar-refractivity contribution is 7.81. The lowest BCUT2D eigenvalue weighted by atomic mass is 10.8. The van der Waals surface area contributed by atoms with Crippen molar-refractivity contribution < 1.29 is 19.1 Å². The Morgan fingerprint density at radius 2 is 1.64 bits per heavy atom. The molecule has 0 rings (SSSR count). The molecule has 11 heavy (non-hydrogen) atoms. The van der Waals surface area contributed by atoms with E-state index in [4.69, 9.17) is 0 Å². The molecule has 0 heterocycles. The van der Waals surface area contributed by atoms with Crippen LogP contribution >= 0.6 is 12.6 Å². The van der Waals surface area contributed by atoms with Crippen LogP contribution in [0.5, 0.6) is 0 Å². The zero-order valence-corrected chi connectivity index (χ0v) is 7.68. The maximum atomic E-state index is 9.88. The summed E-state index contributed by atoms with van der Waals surface area (Å²) in [5.74, 6) is -0.375. The second kappa shape index (κ2) is 9.29. The molecule has 5 heteroatoms. The molecular formula is C6H12O4S. The van der Waals surface area contributed by atoms with E-state index in [2.05, 4.69) is 22.1 Å². The lowest BCUT2D eigenvalue weighted by molar-refractivity contribution is -0.138. The minimum absolute atomic E-state index is 0.163. The molecule has 0 bridgehead atoms. The zero-order chi connectivity index (χ0) is 9.28. The molecule has 0 aromatic carbocycles. The average Bonchev–Trinajstić information content (AvgIpc) is 2.04. The molecule has 0 saturated carbocycles. The number of hydrogen-bond donors (Lipinski definition) is 1. The van der Waals surface area contributed by atoms with E-state index in [9.17, 15) is 9.59 Å². The van der Waals surface area contributed by atoms with Crippen LogP contribution in [0, 0.1) is 0 Å². The summed E-state index contributed by atoms with van der Waals surface area (Å²) < 4.78 is 8.30. The molecule has 0 aromatic heterocycles. The maximum Gasteiger partial charge on any atom is 0.315 e. The minimum Gasteiger partial charge on any atom is -0.469 e. The van der Waals surface area contributed by atoms with Crippen molar-refractivity contribution >= 4 is 24.6 Å². The van der Waals surface area contributed by atoms with Gasteiger partial charge in [0.1, 0.15) is 0 Å². The first-order valence-electron chi connectivity index (χ1n) is 2.80. The number of methoxy groups -OCH3 is 2. The first-order valence-corrected chi connectivity index (χ1v) is 3.44. The van der Waals surface area contributed by atoms with Crippen molar-refractivity contribution in [3.63, 3.8) is 0 Å². The predicted molar refractivity (Wildman–Crippen MR) is 43.6 cm³/mol. The predicted octanol–water partition coefficient (Wildman–Crippen LogP) is 0.268. The van der Waals surface area contributed by atoms with Crippen LogP contribution in [0.25, 0.3) is 0 Å². The van der Waals surface area contributed by atoms with Gasteiger partial charge < -0.3 is 9.47 Å². The normalized spacial score (nSPS) is 7.27. The third-order valence-electron chi connectivity index (χ3n) is 0.644. The molecule has 0 aliphatic rings. The van der Waals surface area contributed by atoms with Crippen molar-refractivity contribution in [3.05, 3.63) is 0 Å². The summed E-state index contributed by atoms with van der Waals surface area (Å²) in [5, 5.41) is 0. The van der Waals surface area contributed by atoms with Gasteiger partial charge >= 0.3 is 11.9 Å². The van der Waals surface area contributed by atoms with E-state index in [0.717, 1.165) is 0 Å². The molecule has 0 aromatic rings. The van der Waals surface area contributed by atoms with E-state index in [-0.39, 0.29) is 17.7 Å². The van der Waals surface area contributed by atoms with Crippen molar-refractivity contribution in [2.45, 2.75) is 6.92 Å². The average molecular weight is 180 g/mol. The van der Waals surface area contributed by atoms with E-state index in [1.165, 1.54) is 21.1 Å². The summed E-state index contributed by atoms with van der Waals surface area (Å²) in [5.41, 5.74) is 0. The van der Waals surface area contributed by atoms with E-state index < -0.39 is 0 Å². The van der Waals surface area contributed by atoms with Crippen LogP contribution in [0.15, 0.2) is 0 Å². The summed E-state index contributed by atoms with van der Waals surface area (Å²) >= 11 is 3.62. The van der Waals surface area contributed by atoms with Gasteiger partial charge in [-0.3, -0.25) is 9.59 Å². The fourth-order valence-corrected chi connectivity index (χ4v) is 0.194. The van der Waals surface area contributed by atoms with Crippen LogP contribution in [0.3, 0.4) is 0 Å². The van der Waals surface area contributed by atoms with E-state index in [1.54, 1.807) is 0 Å². The number of hydrogen-bond acceptors (Lipinski definition) is 5. The standard InChI is InChI=1S/C3H6O2S.C3H6O2/c1-5-3(4)2-6;1-3(4)5-2/h6H,2H2,1H3;1-2H3. The lowest BCUT2D eigenvalue weighted by Gasteiger charge is -1.86. The van der Waals surface area contributed by atoms with Crippen molar-refractivity contribution in [1.29, 1.82) is 0 Å². The number of carbonyl (C=O) groups is 2. The molecule has 0 aliphatic carbocycles. The molecule has 4 nitrogen and oxygen atoms in total. The van der Waals surface area contributed by atoms with Gasteiger partial charge in [-0.1, -0.05) is 0 Å². The van der Waals surface area contributed by atoms with Gasteiger partial charge in [0.15, 0.2) is 0 Å². The summed E-state index contributed by atoms with van der Waals surface area (Å²) in [6, 6.07) is 0. The van der Waals surface area contributed by atoms with E-state index in [0.29, 0.717) is 0 Å². The Morgan fingerprint density at radius 1 is 1.27 bits per heavy atom. The fraction of sp³-hybridized carbons (Fsp3) is 0.667. The molecule has 0 N–H and O–H groups in total. The first-order chi connectivity index (χ1) is 5.08. The quantitative estimate of drug-likeness (QED) is 0.465. The molecule has 0 radical (unpaired) electrons.